The van der Waals surface area contributed by atoms with Crippen molar-refractivity contribution in [1.82, 2.24) is 4.98 Å². The second kappa shape index (κ2) is 6.89. The van der Waals surface area contributed by atoms with Crippen LogP contribution in [0.5, 0.6) is 0 Å². The van der Waals surface area contributed by atoms with E-state index in [-0.39, 0.29) is 6.42 Å². The van der Waals surface area contributed by atoms with Gasteiger partial charge in [0.25, 0.3) is 0 Å². The summed E-state index contributed by atoms with van der Waals surface area (Å²) in [4.78, 5) is 17.6. The van der Waals surface area contributed by atoms with Crippen molar-refractivity contribution >= 4 is 22.4 Å². The van der Waals surface area contributed by atoms with E-state index in [1.165, 1.54) is 32.1 Å². The SMILES string of the molecule is CCCC1CCCCN1c1nc(CCC(=O)O)cs1. The lowest BCUT2D eigenvalue weighted by Gasteiger charge is -2.35. The van der Waals surface area contributed by atoms with Gasteiger partial charge in [-0.3, -0.25) is 4.79 Å². The molecule has 0 radical (unpaired) electrons. The van der Waals surface area contributed by atoms with Crippen LogP contribution in [0.1, 0.15) is 51.1 Å². The molecule has 1 aliphatic heterocycles. The molecule has 2 rings (SSSR count). The van der Waals surface area contributed by atoms with E-state index in [9.17, 15) is 4.79 Å². The first-order chi connectivity index (χ1) is 9.20. The Morgan fingerprint density at radius 3 is 3.16 bits per heavy atom. The molecule has 1 aliphatic rings. The predicted molar refractivity (Wildman–Crippen MR) is 78.0 cm³/mol. The highest BCUT2D eigenvalue weighted by atomic mass is 32.1. The smallest absolute Gasteiger partial charge is 0.303 e. The molecule has 1 fully saturated rings. The fourth-order valence-electron chi connectivity index (χ4n) is 2.66. The quantitative estimate of drug-likeness (QED) is 0.869. The molecular weight excluding hydrogens is 260 g/mol. The number of aliphatic carboxylic acids is 1. The molecule has 0 bridgehead atoms. The first-order valence-electron chi connectivity index (χ1n) is 7.13. The monoisotopic (exact) mass is 282 g/mol. The number of hydrogen-bond acceptors (Lipinski definition) is 4. The van der Waals surface area contributed by atoms with Crippen LogP contribution in [-0.2, 0) is 11.2 Å². The standard InChI is InChI=1S/C14H22N2O2S/c1-2-5-12-6-3-4-9-16(12)14-15-11(10-19-14)7-8-13(17)18/h10,12H,2-9H2,1H3,(H,17,18). The lowest BCUT2D eigenvalue weighted by molar-refractivity contribution is -0.136. The first-order valence-corrected chi connectivity index (χ1v) is 8.01. The van der Waals surface area contributed by atoms with Crippen LogP contribution in [0.3, 0.4) is 0 Å². The maximum atomic E-state index is 10.6. The summed E-state index contributed by atoms with van der Waals surface area (Å²) in [5, 5.41) is 11.8. The van der Waals surface area contributed by atoms with E-state index < -0.39 is 5.97 Å². The molecule has 0 spiro atoms. The molecule has 2 heterocycles. The Morgan fingerprint density at radius 2 is 2.42 bits per heavy atom. The van der Waals surface area contributed by atoms with Crippen LogP contribution in [0, 0.1) is 0 Å². The Labute approximate surface area is 118 Å². The molecule has 1 saturated heterocycles. The Hall–Kier alpha value is -1.10. The average Bonchev–Trinajstić information content (AvgIpc) is 2.86. The van der Waals surface area contributed by atoms with Gasteiger partial charge in [-0.25, -0.2) is 4.98 Å². The summed E-state index contributed by atoms with van der Waals surface area (Å²) in [6.45, 7) is 3.32. The van der Waals surface area contributed by atoms with Gasteiger partial charge in [0.1, 0.15) is 0 Å². The molecule has 1 unspecified atom stereocenters. The number of hydrogen-bond donors (Lipinski definition) is 1. The van der Waals surface area contributed by atoms with Crippen molar-refractivity contribution in [2.24, 2.45) is 0 Å². The number of aryl methyl sites for hydroxylation is 1. The van der Waals surface area contributed by atoms with Crippen LogP contribution >= 0.6 is 11.3 Å². The second-order valence-electron chi connectivity index (χ2n) is 5.15. The van der Waals surface area contributed by atoms with Gasteiger partial charge in [-0.15, -0.1) is 11.3 Å². The molecule has 0 amide bonds. The van der Waals surface area contributed by atoms with Gasteiger partial charge in [-0.05, 0) is 25.7 Å². The van der Waals surface area contributed by atoms with Crippen molar-refractivity contribution in [3.63, 3.8) is 0 Å². The molecule has 1 aromatic rings. The molecule has 4 nitrogen and oxygen atoms in total. The molecule has 0 aliphatic carbocycles. The van der Waals surface area contributed by atoms with Gasteiger partial charge in [0.15, 0.2) is 5.13 Å². The minimum Gasteiger partial charge on any atom is -0.481 e. The Morgan fingerprint density at radius 1 is 1.58 bits per heavy atom. The van der Waals surface area contributed by atoms with Gasteiger partial charge in [0, 0.05) is 24.4 Å². The van der Waals surface area contributed by atoms with E-state index in [4.69, 9.17) is 5.11 Å². The number of carboxylic acids is 1. The zero-order valence-corrected chi connectivity index (χ0v) is 12.3. The molecule has 1 atom stereocenters. The van der Waals surface area contributed by atoms with Gasteiger partial charge in [0.2, 0.25) is 0 Å². The predicted octanol–water partition coefficient (Wildman–Crippen LogP) is 3.32. The van der Waals surface area contributed by atoms with Crippen molar-refractivity contribution in [2.45, 2.75) is 57.9 Å². The van der Waals surface area contributed by atoms with Gasteiger partial charge in [-0.2, -0.15) is 0 Å². The number of thiazole rings is 1. The van der Waals surface area contributed by atoms with E-state index in [1.807, 2.05) is 5.38 Å². The highest BCUT2D eigenvalue weighted by Crippen LogP contribution is 2.30. The summed E-state index contributed by atoms with van der Waals surface area (Å²) in [6, 6.07) is 0.622. The fourth-order valence-corrected chi connectivity index (χ4v) is 3.62. The minimum atomic E-state index is -0.753. The van der Waals surface area contributed by atoms with Crippen LogP contribution in [0.2, 0.25) is 0 Å². The van der Waals surface area contributed by atoms with E-state index in [1.54, 1.807) is 11.3 Å². The van der Waals surface area contributed by atoms with Crippen molar-refractivity contribution in [2.75, 3.05) is 11.4 Å². The topological polar surface area (TPSA) is 53.4 Å². The van der Waals surface area contributed by atoms with Crippen LogP contribution in [-0.4, -0.2) is 28.6 Å². The minimum absolute atomic E-state index is 0.168. The molecule has 19 heavy (non-hydrogen) atoms. The molecule has 106 valence electrons. The molecule has 1 aromatic heterocycles. The summed E-state index contributed by atoms with van der Waals surface area (Å²) in [5.74, 6) is -0.753. The number of carbonyl (C=O) groups is 1. The summed E-state index contributed by atoms with van der Waals surface area (Å²) in [7, 11) is 0. The maximum absolute atomic E-state index is 10.6. The van der Waals surface area contributed by atoms with Crippen molar-refractivity contribution in [1.29, 1.82) is 0 Å². The molecule has 0 aromatic carbocycles. The molecule has 0 saturated carbocycles. The third-order valence-corrected chi connectivity index (χ3v) is 4.56. The number of carboxylic acid groups (broad SMARTS) is 1. The third-order valence-electron chi connectivity index (χ3n) is 3.63. The number of anilines is 1. The van der Waals surface area contributed by atoms with Crippen LogP contribution in [0.15, 0.2) is 5.38 Å². The maximum Gasteiger partial charge on any atom is 0.303 e. The van der Waals surface area contributed by atoms with Crippen molar-refractivity contribution in [3.8, 4) is 0 Å². The summed E-state index contributed by atoms with van der Waals surface area (Å²) in [5.41, 5.74) is 0.920. The van der Waals surface area contributed by atoms with Gasteiger partial charge >= 0.3 is 5.97 Å². The van der Waals surface area contributed by atoms with Crippen LogP contribution < -0.4 is 4.90 Å². The molecule has 5 heteroatoms. The summed E-state index contributed by atoms with van der Waals surface area (Å²) < 4.78 is 0. The number of nitrogens with zero attached hydrogens (tertiary/aromatic N) is 2. The zero-order chi connectivity index (χ0) is 13.7. The number of rotatable bonds is 6. The molecular formula is C14H22N2O2S. The first kappa shape index (κ1) is 14.3. The normalized spacial score (nSPS) is 19.6. The van der Waals surface area contributed by atoms with Crippen LogP contribution in [0.25, 0.3) is 0 Å². The van der Waals surface area contributed by atoms with Gasteiger partial charge in [-0.1, -0.05) is 13.3 Å². The zero-order valence-electron chi connectivity index (χ0n) is 11.5. The largest absolute Gasteiger partial charge is 0.481 e. The van der Waals surface area contributed by atoms with E-state index in [2.05, 4.69) is 16.8 Å². The summed E-state index contributed by atoms with van der Waals surface area (Å²) in [6.07, 6.45) is 6.96. The third kappa shape index (κ3) is 3.93. The average molecular weight is 282 g/mol. The van der Waals surface area contributed by atoms with Gasteiger partial charge in [0.05, 0.1) is 12.1 Å². The van der Waals surface area contributed by atoms with Gasteiger partial charge < -0.3 is 10.0 Å². The summed E-state index contributed by atoms with van der Waals surface area (Å²) >= 11 is 1.66. The Kier molecular flexibility index (Phi) is 5.19. The molecule has 1 N–H and O–H groups in total. The number of piperidine rings is 1. The van der Waals surface area contributed by atoms with E-state index in [0.717, 1.165) is 17.4 Å². The van der Waals surface area contributed by atoms with E-state index >= 15 is 0 Å². The Bertz CT molecular complexity index is 417. The van der Waals surface area contributed by atoms with Crippen molar-refractivity contribution in [3.05, 3.63) is 11.1 Å². The second-order valence-corrected chi connectivity index (χ2v) is 5.98. The van der Waals surface area contributed by atoms with E-state index in [0.29, 0.717) is 12.5 Å². The lowest BCUT2D eigenvalue weighted by atomic mass is 9.99. The highest BCUT2D eigenvalue weighted by molar-refractivity contribution is 7.13. The fraction of sp³-hybridized carbons (Fsp3) is 0.714. The highest BCUT2D eigenvalue weighted by Gasteiger charge is 2.24. The van der Waals surface area contributed by atoms with Crippen LogP contribution in [0.4, 0.5) is 5.13 Å². The van der Waals surface area contributed by atoms with Crippen molar-refractivity contribution < 1.29 is 9.90 Å². The lowest BCUT2D eigenvalue weighted by Crippen LogP contribution is -2.39. The Balaban J connectivity index is 2.01. The number of aromatic nitrogens is 1.